The highest BCUT2D eigenvalue weighted by molar-refractivity contribution is 5.99. The fourth-order valence-electron chi connectivity index (χ4n) is 3.42. The fourth-order valence-corrected chi connectivity index (χ4v) is 3.42. The molecule has 0 spiro atoms. The van der Waals surface area contributed by atoms with Crippen molar-refractivity contribution in [3.05, 3.63) is 47.7 Å². The third kappa shape index (κ3) is 2.83. The van der Waals surface area contributed by atoms with E-state index in [1.807, 2.05) is 30.7 Å². The summed E-state index contributed by atoms with van der Waals surface area (Å²) >= 11 is 0. The highest BCUT2D eigenvalue weighted by Crippen LogP contribution is 2.26. The van der Waals surface area contributed by atoms with Crippen molar-refractivity contribution in [1.29, 1.82) is 0 Å². The van der Waals surface area contributed by atoms with Crippen LogP contribution in [0.25, 0.3) is 16.9 Å². The summed E-state index contributed by atoms with van der Waals surface area (Å²) in [6.07, 6.45) is 6.89. The Balaban J connectivity index is 1.76. The van der Waals surface area contributed by atoms with Gasteiger partial charge in [0.05, 0.1) is 17.5 Å². The van der Waals surface area contributed by atoms with Crippen molar-refractivity contribution in [2.75, 3.05) is 13.1 Å². The lowest BCUT2D eigenvalue weighted by atomic mass is 10.1. The van der Waals surface area contributed by atoms with E-state index in [9.17, 15) is 9.18 Å². The molecule has 0 unspecified atom stereocenters. The first-order valence-corrected chi connectivity index (χ1v) is 8.73. The molecule has 1 aliphatic heterocycles. The number of hydrogen-bond acceptors (Lipinski definition) is 4. The minimum absolute atomic E-state index is 0.0737. The SMILES string of the molecule is Cc1nc2c(cc1C(=O)N1CCC(F)CC1)c(C)cn2-c1cnccn1. The molecule has 0 aromatic carbocycles. The molecule has 6 nitrogen and oxygen atoms in total. The average Bonchev–Trinajstić information content (AvgIpc) is 2.97. The molecule has 0 aliphatic carbocycles. The third-order valence-electron chi connectivity index (χ3n) is 4.91. The second-order valence-corrected chi connectivity index (χ2v) is 6.71. The van der Waals surface area contributed by atoms with E-state index in [1.165, 1.54) is 0 Å². The van der Waals surface area contributed by atoms with E-state index in [1.54, 1.807) is 23.5 Å². The highest BCUT2D eigenvalue weighted by atomic mass is 19.1. The molecule has 4 rings (SSSR count). The van der Waals surface area contributed by atoms with Crippen LogP contribution < -0.4 is 0 Å². The molecule has 1 aliphatic rings. The van der Waals surface area contributed by atoms with Gasteiger partial charge in [0.1, 0.15) is 11.8 Å². The van der Waals surface area contributed by atoms with Gasteiger partial charge >= 0.3 is 0 Å². The number of aryl methyl sites for hydroxylation is 2. The van der Waals surface area contributed by atoms with Gasteiger partial charge < -0.3 is 4.90 Å². The van der Waals surface area contributed by atoms with E-state index >= 15 is 0 Å². The predicted molar refractivity (Wildman–Crippen MR) is 96.2 cm³/mol. The Morgan fingerprint density at radius 1 is 1.23 bits per heavy atom. The number of carbonyl (C=O) groups excluding carboxylic acids is 1. The number of alkyl halides is 1. The first-order valence-electron chi connectivity index (χ1n) is 8.73. The molecule has 7 heteroatoms. The van der Waals surface area contributed by atoms with Crippen LogP contribution in [0.2, 0.25) is 0 Å². The summed E-state index contributed by atoms with van der Waals surface area (Å²) in [7, 11) is 0. The number of nitrogens with zero attached hydrogens (tertiary/aromatic N) is 5. The van der Waals surface area contributed by atoms with E-state index in [0.717, 1.165) is 16.6 Å². The normalized spacial score (nSPS) is 15.6. The van der Waals surface area contributed by atoms with E-state index < -0.39 is 6.17 Å². The molecular formula is C19H20FN5O. The van der Waals surface area contributed by atoms with Gasteiger partial charge in [0.15, 0.2) is 5.82 Å². The molecular weight excluding hydrogens is 333 g/mol. The molecule has 1 saturated heterocycles. The van der Waals surface area contributed by atoms with Crippen LogP contribution in [0.5, 0.6) is 0 Å². The Bertz CT molecular complexity index is 961. The number of halogens is 1. The van der Waals surface area contributed by atoms with Gasteiger partial charge in [-0.05, 0) is 38.3 Å². The van der Waals surface area contributed by atoms with Crippen molar-refractivity contribution >= 4 is 16.9 Å². The summed E-state index contributed by atoms with van der Waals surface area (Å²) in [5.74, 6) is 0.608. The smallest absolute Gasteiger partial charge is 0.255 e. The van der Waals surface area contributed by atoms with Crippen LogP contribution in [-0.2, 0) is 0 Å². The molecule has 0 saturated carbocycles. The van der Waals surface area contributed by atoms with E-state index in [0.29, 0.717) is 43.0 Å². The van der Waals surface area contributed by atoms with Crippen LogP contribution in [0.4, 0.5) is 4.39 Å². The fraction of sp³-hybridized carbons (Fsp3) is 0.368. The summed E-state index contributed by atoms with van der Waals surface area (Å²) in [6.45, 7) is 4.72. The van der Waals surface area contributed by atoms with Crippen molar-refractivity contribution in [3.8, 4) is 5.82 Å². The van der Waals surface area contributed by atoms with E-state index in [2.05, 4.69) is 15.0 Å². The Morgan fingerprint density at radius 3 is 2.69 bits per heavy atom. The second-order valence-electron chi connectivity index (χ2n) is 6.71. The summed E-state index contributed by atoms with van der Waals surface area (Å²) in [5, 5.41) is 0.907. The van der Waals surface area contributed by atoms with Gasteiger partial charge in [-0.2, -0.15) is 0 Å². The number of carbonyl (C=O) groups is 1. The minimum Gasteiger partial charge on any atom is -0.338 e. The quantitative estimate of drug-likeness (QED) is 0.710. The lowest BCUT2D eigenvalue weighted by molar-refractivity contribution is 0.0666. The summed E-state index contributed by atoms with van der Waals surface area (Å²) in [5.41, 5.74) is 3.00. The van der Waals surface area contributed by atoms with Gasteiger partial charge in [0, 0.05) is 37.1 Å². The summed E-state index contributed by atoms with van der Waals surface area (Å²) in [4.78, 5) is 27.7. The minimum atomic E-state index is -0.802. The van der Waals surface area contributed by atoms with Gasteiger partial charge in [0.2, 0.25) is 0 Å². The lowest BCUT2D eigenvalue weighted by Gasteiger charge is -2.29. The number of likely N-dealkylation sites (tertiary alicyclic amines) is 1. The van der Waals surface area contributed by atoms with Crippen LogP contribution in [0.3, 0.4) is 0 Å². The Hall–Kier alpha value is -2.83. The molecule has 3 aromatic rings. The van der Waals surface area contributed by atoms with Gasteiger partial charge in [-0.3, -0.25) is 14.3 Å². The number of piperidine rings is 1. The van der Waals surface area contributed by atoms with Crippen molar-refractivity contribution in [2.45, 2.75) is 32.9 Å². The number of aromatic nitrogens is 4. The molecule has 1 fully saturated rings. The zero-order valence-electron chi connectivity index (χ0n) is 14.8. The van der Waals surface area contributed by atoms with Gasteiger partial charge in [-0.25, -0.2) is 14.4 Å². The first kappa shape index (κ1) is 16.6. The maximum absolute atomic E-state index is 13.4. The van der Waals surface area contributed by atoms with Crippen LogP contribution in [0.1, 0.15) is 34.5 Å². The maximum atomic E-state index is 13.4. The van der Waals surface area contributed by atoms with Crippen molar-refractivity contribution in [1.82, 2.24) is 24.4 Å². The number of rotatable bonds is 2. The van der Waals surface area contributed by atoms with Gasteiger partial charge in [-0.1, -0.05) is 0 Å². The van der Waals surface area contributed by atoms with Crippen molar-refractivity contribution in [2.24, 2.45) is 0 Å². The largest absolute Gasteiger partial charge is 0.338 e. The van der Waals surface area contributed by atoms with Crippen LogP contribution in [0, 0.1) is 13.8 Å². The second kappa shape index (κ2) is 6.48. The van der Waals surface area contributed by atoms with Crippen LogP contribution in [-0.4, -0.2) is 49.6 Å². The molecule has 0 N–H and O–H groups in total. The number of hydrogen-bond donors (Lipinski definition) is 0. The maximum Gasteiger partial charge on any atom is 0.255 e. The molecule has 26 heavy (non-hydrogen) atoms. The monoisotopic (exact) mass is 353 g/mol. The molecule has 0 bridgehead atoms. The molecule has 0 radical (unpaired) electrons. The number of fused-ring (bicyclic) bond motifs is 1. The zero-order valence-corrected chi connectivity index (χ0v) is 14.8. The first-order chi connectivity index (χ1) is 12.5. The Kier molecular flexibility index (Phi) is 4.14. The third-order valence-corrected chi connectivity index (χ3v) is 4.91. The standard InChI is InChI=1S/C19H20FN5O/c1-12-11-25(17-10-21-5-6-22-17)18-15(12)9-16(13(2)23-18)19(26)24-7-3-14(20)4-8-24/h5-6,9-11,14H,3-4,7-8H2,1-2H3. The zero-order chi connectivity index (χ0) is 18.3. The highest BCUT2D eigenvalue weighted by Gasteiger charge is 2.25. The van der Waals surface area contributed by atoms with Crippen LogP contribution >= 0.6 is 0 Å². The number of pyridine rings is 1. The topological polar surface area (TPSA) is 63.9 Å². The lowest BCUT2D eigenvalue weighted by Crippen LogP contribution is -2.39. The molecule has 134 valence electrons. The van der Waals surface area contributed by atoms with Crippen molar-refractivity contribution < 1.29 is 9.18 Å². The van der Waals surface area contributed by atoms with E-state index in [-0.39, 0.29) is 5.91 Å². The van der Waals surface area contributed by atoms with E-state index in [4.69, 9.17) is 0 Å². The molecule has 3 aromatic heterocycles. The number of amides is 1. The van der Waals surface area contributed by atoms with Crippen molar-refractivity contribution in [3.63, 3.8) is 0 Å². The van der Waals surface area contributed by atoms with Gasteiger partial charge in [-0.15, -0.1) is 0 Å². The van der Waals surface area contributed by atoms with Gasteiger partial charge in [0.25, 0.3) is 5.91 Å². The molecule has 4 heterocycles. The predicted octanol–water partition coefficient (Wildman–Crippen LogP) is 3.01. The molecule has 0 atom stereocenters. The Morgan fingerprint density at radius 2 is 2.00 bits per heavy atom. The summed E-state index contributed by atoms with van der Waals surface area (Å²) in [6, 6.07) is 1.89. The summed E-state index contributed by atoms with van der Waals surface area (Å²) < 4.78 is 15.2. The Labute approximate surface area is 150 Å². The van der Waals surface area contributed by atoms with Crippen LogP contribution in [0.15, 0.2) is 30.9 Å². The average molecular weight is 353 g/mol. The molecule has 1 amide bonds.